The third kappa shape index (κ3) is 4.54. The van der Waals surface area contributed by atoms with Crippen LogP contribution in [-0.4, -0.2) is 41.1 Å². The molecule has 6 nitrogen and oxygen atoms in total. The first-order valence-electron chi connectivity index (χ1n) is 9.55. The van der Waals surface area contributed by atoms with Crippen molar-refractivity contribution in [2.45, 2.75) is 25.9 Å². The van der Waals surface area contributed by atoms with Crippen LogP contribution in [0.3, 0.4) is 0 Å². The normalized spacial score (nSPS) is 16.8. The molecule has 0 radical (unpaired) electrons. The monoisotopic (exact) mass is 401 g/mol. The van der Waals surface area contributed by atoms with Crippen molar-refractivity contribution in [2.75, 3.05) is 30.4 Å². The number of ether oxygens (including phenoxy) is 1. The van der Waals surface area contributed by atoms with E-state index in [4.69, 9.17) is 4.74 Å². The average Bonchev–Trinajstić information content (AvgIpc) is 3.15. The maximum atomic E-state index is 13.5. The lowest BCUT2D eigenvalue weighted by Gasteiger charge is -2.34. The number of aromatic nitrogens is 3. The second-order valence-corrected chi connectivity index (χ2v) is 7.27. The van der Waals surface area contributed by atoms with Crippen molar-refractivity contribution in [3.63, 3.8) is 0 Å². The zero-order chi connectivity index (χ0) is 20.4. The van der Waals surface area contributed by atoms with Crippen LogP contribution in [0.2, 0.25) is 0 Å². The van der Waals surface area contributed by atoms with E-state index in [1.807, 2.05) is 19.1 Å². The molecule has 29 heavy (non-hydrogen) atoms. The SMILES string of the molecule is COC1CCCN(c2cc(C)cc(Nc3ncn(-c4cc(F)cc(F)c4)n3)c2)C1.[HH]. The van der Waals surface area contributed by atoms with Gasteiger partial charge in [-0.25, -0.2) is 13.5 Å². The molecule has 1 unspecified atom stereocenters. The minimum atomic E-state index is -0.663. The van der Waals surface area contributed by atoms with E-state index < -0.39 is 11.6 Å². The van der Waals surface area contributed by atoms with Gasteiger partial charge in [0, 0.05) is 39.1 Å². The van der Waals surface area contributed by atoms with Gasteiger partial charge in [0.15, 0.2) is 0 Å². The maximum absolute atomic E-state index is 13.5. The smallest absolute Gasteiger partial charge is 0.246 e. The summed E-state index contributed by atoms with van der Waals surface area (Å²) in [5, 5.41) is 7.46. The van der Waals surface area contributed by atoms with Gasteiger partial charge < -0.3 is 15.0 Å². The van der Waals surface area contributed by atoms with Gasteiger partial charge in [0.25, 0.3) is 0 Å². The Morgan fingerprint density at radius 1 is 1.10 bits per heavy atom. The molecular weight excluding hydrogens is 376 g/mol. The zero-order valence-corrected chi connectivity index (χ0v) is 16.4. The van der Waals surface area contributed by atoms with E-state index in [9.17, 15) is 8.78 Å². The van der Waals surface area contributed by atoms with Crippen LogP contribution in [0.4, 0.5) is 26.1 Å². The predicted octanol–water partition coefficient (Wildman–Crippen LogP) is 4.46. The van der Waals surface area contributed by atoms with E-state index in [2.05, 4.69) is 26.4 Å². The second kappa shape index (κ2) is 8.16. The number of nitrogens with zero attached hydrogens (tertiary/aromatic N) is 4. The number of hydrogen-bond donors (Lipinski definition) is 1. The van der Waals surface area contributed by atoms with Gasteiger partial charge in [0.2, 0.25) is 5.95 Å². The molecule has 1 N–H and O–H groups in total. The minimum absolute atomic E-state index is 0. The topological polar surface area (TPSA) is 55.2 Å². The van der Waals surface area contributed by atoms with Gasteiger partial charge in [0.05, 0.1) is 11.8 Å². The molecule has 154 valence electrons. The fraction of sp³-hybridized carbons (Fsp3) is 0.333. The standard InChI is InChI=1S/C21H23F2N5O.H2/c1-14-6-17(11-18(7-14)27-5-3-4-20(12-27)29-2)25-21-24-13-28(26-21)19-9-15(22)8-16(23)10-19;/h6-11,13,20H,3-5,12H2,1-2H3,(H,25,26);1H. The van der Waals surface area contributed by atoms with Gasteiger partial charge >= 0.3 is 0 Å². The number of nitrogens with one attached hydrogen (secondary N) is 1. The Bertz CT molecular complexity index is 993. The molecule has 0 aliphatic carbocycles. The average molecular weight is 401 g/mol. The van der Waals surface area contributed by atoms with Crippen LogP contribution in [-0.2, 0) is 4.74 Å². The molecule has 1 fully saturated rings. The summed E-state index contributed by atoms with van der Waals surface area (Å²) in [4.78, 5) is 6.52. The number of aryl methyl sites for hydroxylation is 1. The summed E-state index contributed by atoms with van der Waals surface area (Å²) in [6, 6.07) is 9.43. The van der Waals surface area contributed by atoms with Gasteiger partial charge in [-0.15, -0.1) is 5.10 Å². The number of hydrogen-bond acceptors (Lipinski definition) is 5. The molecule has 1 aromatic heterocycles. The van der Waals surface area contributed by atoms with Gasteiger partial charge in [-0.05, 0) is 55.7 Å². The lowest BCUT2D eigenvalue weighted by Crippen LogP contribution is -2.39. The quantitative estimate of drug-likeness (QED) is 0.684. The molecule has 3 aromatic rings. The Labute approximate surface area is 169 Å². The molecule has 0 amide bonds. The first-order valence-corrected chi connectivity index (χ1v) is 9.55. The van der Waals surface area contributed by atoms with E-state index >= 15 is 0 Å². The molecule has 1 aliphatic rings. The minimum Gasteiger partial charge on any atom is -0.380 e. The van der Waals surface area contributed by atoms with Crippen LogP contribution in [0.5, 0.6) is 0 Å². The summed E-state index contributed by atoms with van der Waals surface area (Å²) in [6.07, 6.45) is 3.82. The summed E-state index contributed by atoms with van der Waals surface area (Å²) in [6.45, 7) is 3.88. The number of rotatable bonds is 5. The Morgan fingerprint density at radius 3 is 2.66 bits per heavy atom. The van der Waals surface area contributed by atoms with Gasteiger partial charge in [-0.1, -0.05) is 0 Å². The van der Waals surface area contributed by atoms with E-state index in [1.54, 1.807) is 7.11 Å². The highest BCUT2D eigenvalue weighted by Gasteiger charge is 2.20. The lowest BCUT2D eigenvalue weighted by molar-refractivity contribution is 0.0893. The number of piperidine rings is 1. The molecule has 1 saturated heterocycles. The van der Waals surface area contributed by atoms with Crippen LogP contribution in [0.15, 0.2) is 42.7 Å². The summed E-state index contributed by atoms with van der Waals surface area (Å²) < 4.78 is 33.8. The van der Waals surface area contributed by atoms with Crippen LogP contribution in [0.25, 0.3) is 5.69 Å². The third-order valence-electron chi connectivity index (χ3n) is 5.00. The molecule has 0 saturated carbocycles. The zero-order valence-electron chi connectivity index (χ0n) is 16.4. The number of benzene rings is 2. The Balaban J connectivity index is 0.00000256. The number of anilines is 3. The highest BCUT2D eigenvalue weighted by molar-refractivity contribution is 5.64. The van der Waals surface area contributed by atoms with Gasteiger partial charge in [0.1, 0.15) is 18.0 Å². The molecule has 8 heteroatoms. The molecular formula is C21H25F2N5O. The highest BCUT2D eigenvalue weighted by atomic mass is 19.1. The predicted molar refractivity (Wildman–Crippen MR) is 110 cm³/mol. The lowest BCUT2D eigenvalue weighted by atomic mass is 10.1. The summed E-state index contributed by atoms with van der Waals surface area (Å²) in [7, 11) is 1.75. The number of halogens is 2. The Kier molecular flexibility index (Phi) is 5.44. The van der Waals surface area contributed by atoms with Gasteiger partial charge in [-0.3, -0.25) is 0 Å². The molecule has 2 heterocycles. The highest BCUT2D eigenvalue weighted by Crippen LogP contribution is 2.27. The molecule has 1 atom stereocenters. The fourth-order valence-corrected chi connectivity index (χ4v) is 3.63. The van der Waals surface area contributed by atoms with E-state index in [1.165, 1.54) is 23.1 Å². The van der Waals surface area contributed by atoms with Crippen molar-refractivity contribution < 1.29 is 14.9 Å². The van der Waals surface area contributed by atoms with Crippen molar-refractivity contribution in [3.05, 3.63) is 59.9 Å². The summed E-state index contributed by atoms with van der Waals surface area (Å²) >= 11 is 0. The maximum Gasteiger partial charge on any atom is 0.246 e. The molecule has 2 aromatic carbocycles. The fourth-order valence-electron chi connectivity index (χ4n) is 3.63. The molecule has 0 bridgehead atoms. The van der Waals surface area contributed by atoms with Crippen molar-refractivity contribution in [1.82, 2.24) is 14.8 Å². The van der Waals surface area contributed by atoms with Crippen molar-refractivity contribution in [1.29, 1.82) is 0 Å². The van der Waals surface area contributed by atoms with Crippen molar-refractivity contribution in [3.8, 4) is 5.69 Å². The van der Waals surface area contributed by atoms with E-state index in [0.717, 1.165) is 48.9 Å². The van der Waals surface area contributed by atoms with Crippen molar-refractivity contribution >= 4 is 17.3 Å². The van der Waals surface area contributed by atoms with Crippen LogP contribution >= 0.6 is 0 Å². The van der Waals surface area contributed by atoms with Crippen molar-refractivity contribution in [2.24, 2.45) is 0 Å². The van der Waals surface area contributed by atoms with Crippen LogP contribution < -0.4 is 10.2 Å². The second-order valence-electron chi connectivity index (χ2n) is 7.27. The summed E-state index contributed by atoms with van der Waals surface area (Å²) in [5.74, 6) is -0.979. The van der Waals surface area contributed by atoms with Crippen LogP contribution in [0.1, 0.15) is 19.8 Å². The molecule has 4 rings (SSSR count). The Morgan fingerprint density at radius 2 is 1.90 bits per heavy atom. The molecule has 0 spiro atoms. The Hall–Kier alpha value is -3.00. The molecule has 1 aliphatic heterocycles. The third-order valence-corrected chi connectivity index (χ3v) is 5.00. The van der Waals surface area contributed by atoms with Crippen LogP contribution in [0, 0.1) is 18.6 Å². The number of methoxy groups -OCH3 is 1. The van der Waals surface area contributed by atoms with E-state index in [-0.39, 0.29) is 13.2 Å². The van der Waals surface area contributed by atoms with E-state index in [0.29, 0.717) is 5.95 Å². The first kappa shape index (κ1) is 19.3. The summed E-state index contributed by atoms with van der Waals surface area (Å²) in [5.41, 5.74) is 3.34. The first-order chi connectivity index (χ1) is 14.0. The van der Waals surface area contributed by atoms with Gasteiger partial charge in [-0.2, -0.15) is 4.98 Å². The largest absolute Gasteiger partial charge is 0.380 e.